The summed E-state index contributed by atoms with van der Waals surface area (Å²) in [5.41, 5.74) is 7.60. The van der Waals surface area contributed by atoms with Gasteiger partial charge >= 0.3 is 0 Å². The minimum absolute atomic E-state index is 0.143. The van der Waals surface area contributed by atoms with Crippen LogP contribution in [0.4, 0.5) is 5.95 Å². The molecule has 0 bridgehead atoms. The third kappa shape index (κ3) is 1.71. The van der Waals surface area contributed by atoms with Crippen LogP contribution in [0.15, 0.2) is 36.8 Å². The van der Waals surface area contributed by atoms with Crippen LogP contribution in [0.3, 0.4) is 0 Å². The summed E-state index contributed by atoms with van der Waals surface area (Å²) in [4.78, 5) is 8.66. The standard InChI is InChI=1S/C12H14N6/c1-9(8-17-7-3-6-15-17)18-11-10(16-12(18)13)4-2-5-14-11/h2-7,9H,8H2,1H3,(H2,13,16). The Kier molecular flexibility index (Phi) is 2.47. The van der Waals surface area contributed by atoms with Crippen LogP contribution in [-0.2, 0) is 6.54 Å². The van der Waals surface area contributed by atoms with Gasteiger partial charge in [-0.3, -0.25) is 9.25 Å². The molecule has 0 saturated carbocycles. The maximum atomic E-state index is 5.97. The van der Waals surface area contributed by atoms with Crippen molar-refractivity contribution in [2.75, 3.05) is 5.73 Å². The Morgan fingerprint density at radius 3 is 3.00 bits per heavy atom. The average molecular weight is 242 g/mol. The molecule has 6 heteroatoms. The summed E-state index contributed by atoms with van der Waals surface area (Å²) < 4.78 is 3.82. The third-order valence-electron chi connectivity index (χ3n) is 2.93. The molecule has 3 heterocycles. The van der Waals surface area contributed by atoms with E-state index < -0.39 is 0 Å². The van der Waals surface area contributed by atoms with Crippen LogP contribution >= 0.6 is 0 Å². The molecule has 0 aliphatic carbocycles. The minimum atomic E-state index is 0.143. The molecule has 0 spiro atoms. The van der Waals surface area contributed by atoms with E-state index in [0.717, 1.165) is 17.7 Å². The fourth-order valence-corrected chi connectivity index (χ4v) is 2.14. The van der Waals surface area contributed by atoms with Crippen molar-refractivity contribution in [1.82, 2.24) is 24.3 Å². The van der Waals surface area contributed by atoms with Crippen molar-refractivity contribution in [1.29, 1.82) is 0 Å². The number of nitrogens with zero attached hydrogens (tertiary/aromatic N) is 5. The fraction of sp³-hybridized carbons (Fsp3) is 0.250. The minimum Gasteiger partial charge on any atom is -0.369 e. The van der Waals surface area contributed by atoms with E-state index in [9.17, 15) is 0 Å². The van der Waals surface area contributed by atoms with Gasteiger partial charge in [0.15, 0.2) is 5.65 Å². The second kappa shape index (κ2) is 4.14. The molecule has 3 aromatic rings. The maximum absolute atomic E-state index is 5.97. The molecule has 3 rings (SSSR count). The van der Waals surface area contributed by atoms with Gasteiger partial charge in [0.25, 0.3) is 0 Å². The van der Waals surface area contributed by atoms with Crippen LogP contribution in [0.25, 0.3) is 11.2 Å². The predicted octanol–water partition coefficient (Wildman–Crippen LogP) is 1.47. The van der Waals surface area contributed by atoms with Crippen molar-refractivity contribution < 1.29 is 0 Å². The van der Waals surface area contributed by atoms with Gasteiger partial charge in [-0.15, -0.1) is 0 Å². The number of hydrogen-bond acceptors (Lipinski definition) is 4. The van der Waals surface area contributed by atoms with E-state index in [1.807, 2.05) is 33.6 Å². The lowest BCUT2D eigenvalue weighted by Crippen LogP contribution is -2.15. The first-order chi connectivity index (χ1) is 8.75. The van der Waals surface area contributed by atoms with Gasteiger partial charge in [-0.2, -0.15) is 5.10 Å². The Bertz CT molecular complexity index is 654. The molecule has 0 amide bonds. The third-order valence-corrected chi connectivity index (χ3v) is 2.93. The molecule has 92 valence electrons. The first-order valence-electron chi connectivity index (χ1n) is 5.81. The molecule has 6 nitrogen and oxygen atoms in total. The summed E-state index contributed by atoms with van der Waals surface area (Å²) in [6.45, 7) is 2.81. The lowest BCUT2D eigenvalue weighted by Gasteiger charge is -2.15. The predicted molar refractivity (Wildman–Crippen MR) is 68.9 cm³/mol. The number of rotatable bonds is 3. The van der Waals surface area contributed by atoms with Crippen LogP contribution in [0.2, 0.25) is 0 Å². The van der Waals surface area contributed by atoms with Gasteiger partial charge in [0.1, 0.15) is 5.52 Å². The zero-order chi connectivity index (χ0) is 12.5. The van der Waals surface area contributed by atoms with Gasteiger partial charge in [0.05, 0.1) is 12.6 Å². The van der Waals surface area contributed by atoms with Gasteiger partial charge in [-0.05, 0) is 25.1 Å². The average Bonchev–Trinajstić information content (AvgIpc) is 2.94. The number of hydrogen-bond donors (Lipinski definition) is 1. The van der Waals surface area contributed by atoms with E-state index in [1.165, 1.54) is 0 Å². The maximum Gasteiger partial charge on any atom is 0.202 e. The Morgan fingerprint density at radius 1 is 1.33 bits per heavy atom. The molecule has 0 aliphatic rings. The highest BCUT2D eigenvalue weighted by Crippen LogP contribution is 2.21. The summed E-state index contributed by atoms with van der Waals surface area (Å²) in [5.74, 6) is 0.489. The van der Waals surface area contributed by atoms with Crippen molar-refractivity contribution in [3.8, 4) is 0 Å². The van der Waals surface area contributed by atoms with Crippen LogP contribution in [0.1, 0.15) is 13.0 Å². The summed E-state index contributed by atoms with van der Waals surface area (Å²) in [7, 11) is 0. The van der Waals surface area contributed by atoms with Gasteiger partial charge in [0, 0.05) is 18.6 Å². The molecule has 0 saturated heterocycles. The van der Waals surface area contributed by atoms with Gasteiger partial charge in [-0.25, -0.2) is 9.97 Å². The number of pyridine rings is 1. The van der Waals surface area contributed by atoms with Crippen LogP contribution in [0, 0.1) is 0 Å². The molecule has 1 atom stereocenters. The second-order valence-electron chi connectivity index (χ2n) is 4.26. The number of aromatic nitrogens is 5. The Balaban J connectivity index is 2.00. The smallest absolute Gasteiger partial charge is 0.202 e. The molecule has 0 aromatic carbocycles. The van der Waals surface area contributed by atoms with E-state index in [2.05, 4.69) is 22.0 Å². The summed E-state index contributed by atoms with van der Waals surface area (Å²) in [5, 5.41) is 4.20. The molecule has 0 radical (unpaired) electrons. The zero-order valence-corrected chi connectivity index (χ0v) is 10.1. The van der Waals surface area contributed by atoms with Crippen molar-refractivity contribution in [2.45, 2.75) is 19.5 Å². The van der Waals surface area contributed by atoms with Crippen molar-refractivity contribution in [3.63, 3.8) is 0 Å². The summed E-state index contributed by atoms with van der Waals surface area (Å²) in [6.07, 6.45) is 5.44. The zero-order valence-electron chi connectivity index (χ0n) is 10.1. The first kappa shape index (κ1) is 10.8. The molecule has 0 fully saturated rings. The first-order valence-corrected chi connectivity index (χ1v) is 5.81. The van der Waals surface area contributed by atoms with Gasteiger partial charge in [-0.1, -0.05) is 0 Å². The topological polar surface area (TPSA) is 74.5 Å². The molecule has 1 unspecified atom stereocenters. The van der Waals surface area contributed by atoms with Crippen molar-refractivity contribution >= 4 is 17.1 Å². The van der Waals surface area contributed by atoms with Crippen molar-refractivity contribution in [3.05, 3.63) is 36.8 Å². The number of imidazole rings is 1. The molecular weight excluding hydrogens is 228 g/mol. The Morgan fingerprint density at radius 2 is 2.22 bits per heavy atom. The highest BCUT2D eigenvalue weighted by molar-refractivity contribution is 5.73. The molecule has 0 aliphatic heterocycles. The number of nitrogen functional groups attached to an aromatic ring is 1. The normalized spacial score (nSPS) is 12.9. The largest absolute Gasteiger partial charge is 0.369 e. The van der Waals surface area contributed by atoms with Crippen LogP contribution in [0.5, 0.6) is 0 Å². The highest BCUT2D eigenvalue weighted by atomic mass is 15.3. The number of fused-ring (bicyclic) bond motifs is 1. The van der Waals surface area contributed by atoms with Crippen LogP contribution < -0.4 is 5.73 Å². The highest BCUT2D eigenvalue weighted by Gasteiger charge is 2.15. The lowest BCUT2D eigenvalue weighted by atomic mass is 10.3. The fourth-order valence-electron chi connectivity index (χ4n) is 2.14. The van der Waals surface area contributed by atoms with E-state index >= 15 is 0 Å². The molecule has 3 aromatic heterocycles. The van der Waals surface area contributed by atoms with Crippen molar-refractivity contribution in [2.24, 2.45) is 0 Å². The van der Waals surface area contributed by atoms with Gasteiger partial charge in [0.2, 0.25) is 5.95 Å². The monoisotopic (exact) mass is 242 g/mol. The quantitative estimate of drug-likeness (QED) is 0.754. The summed E-state index contributed by atoms with van der Waals surface area (Å²) >= 11 is 0. The Hall–Kier alpha value is -2.37. The Labute approximate surface area is 104 Å². The number of nitrogens with two attached hydrogens (primary N) is 1. The van der Waals surface area contributed by atoms with Gasteiger partial charge < -0.3 is 5.73 Å². The second-order valence-corrected chi connectivity index (χ2v) is 4.26. The summed E-state index contributed by atoms with van der Waals surface area (Å²) in [6, 6.07) is 5.82. The molecule has 2 N–H and O–H groups in total. The van der Waals surface area contributed by atoms with E-state index in [-0.39, 0.29) is 6.04 Å². The number of anilines is 1. The van der Waals surface area contributed by atoms with Crippen LogP contribution in [-0.4, -0.2) is 24.3 Å². The molecular formula is C12H14N6. The lowest BCUT2D eigenvalue weighted by molar-refractivity contribution is 0.448. The van der Waals surface area contributed by atoms with E-state index in [4.69, 9.17) is 5.73 Å². The van der Waals surface area contributed by atoms with E-state index in [0.29, 0.717) is 5.95 Å². The van der Waals surface area contributed by atoms with E-state index in [1.54, 1.807) is 12.4 Å². The SMILES string of the molecule is CC(Cn1cccn1)n1c(N)nc2cccnc21. The molecule has 18 heavy (non-hydrogen) atoms.